The molecule has 0 fully saturated rings. The Morgan fingerprint density at radius 1 is 1.23 bits per heavy atom. The predicted molar refractivity (Wildman–Crippen MR) is 84.1 cm³/mol. The summed E-state index contributed by atoms with van der Waals surface area (Å²) in [7, 11) is 0. The molecule has 2 aliphatic rings. The fourth-order valence-corrected chi connectivity index (χ4v) is 3.06. The molecule has 1 amide bonds. The Labute approximate surface area is 128 Å². The number of carbonyl (C=O) groups is 1. The Bertz CT molecular complexity index is 749. The highest BCUT2D eigenvalue weighted by Crippen LogP contribution is 2.29. The van der Waals surface area contributed by atoms with E-state index < -0.39 is 0 Å². The third kappa shape index (κ3) is 1.83. The van der Waals surface area contributed by atoms with Crippen LogP contribution < -0.4 is 4.90 Å². The standard InChI is InChI=1S/C16H17N5O/c1-2-20-15(22)13-14(21-9-8-17-16(20)21)18-11-19(13)10-12-6-4-3-5-7-12/h3-7,11H,2,8-10H2,1H3. The zero-order valence-corrected chi connectivity index (χ0v) is 12.4. The van der Waals surface area contributed by atoms with E-state index in [0.717, 1.165) is 23.9 Å². The minimum Gasteiger partial charge on any atom is -0.320 e. The number of anilines is 1. The van der Waals surface area contributed by atoms with E-state index in [1.165, 1.54) is 0 Å². The van der Waals surface area contributed by atoms with Gasteiger partial charge in [-0.25, -0.2) is 4.98 Å². The van der Waals surface area contributed by atoms with Gasteiger partial charge in [0.2, 0.25) is 5.96 Å². The van der Waals surface area contributed by atoms with Crippen LogP contribution >= 0.6 is 0 Å². The van der Waals surface area contributed by atoms with E-state index in [9.17, 15) is 4.79 Å². The van der Waals surface area contributed by atoms with E-state index in [0.29, 0.717) is 25.3 Å². The molecular weight excluding hydrogens is 278 g/mol. The molecule has 0 radical (unpaired) electrons. The minimum atomic E-state index is -0.0113. The predicted octanol–water partition coefficient (Wildman–Crippen LogP) is 1.58. The smallest absolute Gasteiger partial charge is 0.281 e. The molecule has 0 atom stereocenters. The Kier molecular flexibility index (Phi) is 2.96. The molecule has 3 heterocycles. The van der Waals surface area contributed by atoms with Crippen LogP contribution in [0.4, 0.5) is 5.82 Å². The van der Waals surface area contributed by atoms with Crippen LogP contribution in [0.5, 0.6) is 0 Å². The Morgan fingerprint density at radius 2 is 2.05 bits per heavy atom. The first-order valence-corrected chi connectivity index (χ1v) is 7.52. The van der Waals surface area contributed by atoms with Crippen molar-refractivity contribution in [2.75, 3.05) is 24.5 Å². The van der Waals surface area contributed by atoms with Crippen molar-refractivity contribution in [3.63, 3.8) is 0 Å². The fraction of sp³-hybridized carbons (Fsp3) is 0.312. The average molecular weight is 295 g/mol. The topological polar surface area (TPSA) is 53.7 Å². The first-order valence-electron chi connectivity index (χ1n) is 7.52. The summed E-state index contributed by atoms with van der Waals surface area (Å²) < 4.78 is 1.94. The van der Waals surface area contributed by atoms with Crippen molar-refractivity contribution in [3.8, 4) is 0 Å². The number of imidazole rings is 1. The molecule has 2 aromatic rings. The lowest BCUT2D eigenvalue weighted by Crippen LogP contribution is -2.50. The van der Waals surface area contributed by atoms with Crippen molar-refractivity contribution in [2.24, 2.45) is 4.99 Å². The van der Waals surface area contributed by atoms with E-state index >= 15 is 0 Å². The van der Waals surface area contributed by atoms with Crippen LogP contribution in [0.3, 0.4) is 0 Å². The van der Waals surface area contributed by atoms with Crippen LogP contribution in [0.1, 0.15) is 23.0 Å². The SMILES string of the molecule is CCN1C(=O)c2c(ncn2Cc2ccccc2)N2CCN=C12. The highest BCUT2D eigenvalue weighted by Gasteiger charge is 2.39. The summed E-state index contributed by atoms with van der Waals surface area (Å²) in [4.78, 5) is 25.5. The highest BCUT2D eigenvalue weighted by molar-refractivity contribution is 6.17. The first-order chi connectivity index (χ1) is 10.8. The molecule has 0 spiro atoms. The quantitative estimate of drug-likeness (QED) is 0.864. The molecule has 2 aliphatic heterocycles. The first kappa shape index (κ1) is 13.1. The van der Waals surface area contributed by atoms with Gasteiger partial charge in [0.25, 0.3) is 5.91 Å². The number of aliphatic imine (C=N–C) groups is 1. The van der Waals surface area contributed by atoms with Crippen LogP contribution in [0.25, 0.3) is 0 Å². The summed E-state index contributed by atoms with van der Waals surface area (Å²) in [5, 5.41) is 0. The molecule has 112 valence electrons. The van der Waals surface area contributed by atoms with Gasteiger partial charge in [0, 0.05) is 19.6 Å². The van der Waals surface area contributed by atoms with Crippen molar-refractivity contribution < 1.29 is 4.79 Å². The van der Waals surface area contributed by atoms with Crippen LogP contribution in [-0.4, -0.2) is 46.0 Å². The summed E-state index contributed by atoms with van der Waals surface area (Å²) in [6.45, 7) is 4.73. The maximum absolute atomic E-state index is 12.8. The van der Waals surface area contributed by atoms with Crippen molar-refractivity contribution in [2.45, 2.75) is 13.5 Å². The molecule has 1 aromatic carbocycles. The molecule has 0 unspecified atom stereocenters. The average Bonchev–Trinajstić information content (AvgIpc) is 3.16. The summed E-state index contributed by atoms with van der Waals surface area (Å²) in [5.74, 6) is 1.47. The summed E-state index contributed by atoms with van der Waals surface area (Å²) in [5.41, 5.74) is 1.81. The van der Waals surface area contributed by atoms with Gasteiger partial charge in [-0.15, -0.1) is 0 Å². The molecule has 6 nitrogen and oxygen atoms in total. The molecule has 0 aliphatic carbocycles. The van der Waals surface area contributed by atoms with Gasteiger partial charge in [0.1, 0.15) is 0 Å². The number of fused-ring (bicyclic) bond motifs is 3. The maximum Gasteiger partial charge on any atom is 0.281 e. The van der Waals surface area contributed by atoms with Crippen LogP contribution in [0.15, 0.2) is 41.7 Å². The largest absolute Gasteiger partial charge is 0.320 e. The summed E-state index contributed by atoms with van der Waals surface area (Å²) in [6.07, 6.45) is 1.75. The lowest BCUT2D eigenvalue weighted by atomic mass is 10.2. The number of rotatable bonds is 3. The number of guanidine groups is 1. The van der Waals surface area contributed by atoms with Crippen LogP contribution in [0.2, 0.25) is 0 Å². The number of amides is 1. The van der Waals surface area contributed by atoms with Gasteiger partial charge in [-0.05, 0) is 12.5 Å². The van der Waals surface area contributed by atoms with E-state index in [2.05, 4.69) is 22.1 Å². The fourth-order valence-electron chi connectivity index (χ4n) is 3.06. The van der Waals surface area contributed by atoms with Crippen molar-refractivity contribution in [1.82, 2.24) is 14.5 Å². The molecule has 4 rings (SSSR count). The summed E-state index contributed by atoms with van der Waals surface area (Å²) in [6, 6.07) is 10.1. The van der Waals surface area contributed by atoms with E-state index in [1.54, 1.807) is 11.2 Å². The second-order valence-electron chi connectivity index (χ2n) is 5.41. The van der Waals surface area contributed by atoms with Crippen molar-refractivity contribution in [1.29, 1.82) is 0 Å². The molecule has 6 heteroatoms. The lowest BCUT2D eigenvalue weighted by Gasteiger charge is -2.32. The highest BCUT2D eigenvalue weighted by atomic mass is 16.2. The number of hydrogen-bond donors (Lipinski definition) is 0. The second-order valence-corrected chi connectivity index (χ2v) is 5.41. The minimum absolute atomic E-state index is 0.0113. The number of hydrogen-bond acceptors (Lipinski definition) is 4. The third-order valence-electron chi connectivity index (χ3n) is 4.09. The van der Waals surface area contributed by atoms with Gasteiger partial charge < -0.3 is 4.57 Å². The van der Waals surface area contributed by atoms with E-state index in [1.807, 2.05) is 34.6 Å². The second kappa shape index (κ2) is 4.98. The summed E-state index contributed by atoms with van der Waals surface area (Å²) >= 11 is 0. The van der Waals surface area contributed by atoms with E-state index in [4.69, 9.17) is 0 Å². The van der Waals surface area contributed by atoms with Gasteiger partial charge >= 0.3 is 0 Å². The van der Waals surface area contributed by atoms with Gasteiger partial charge in [-0.2, -0.15) is 0 Å². The van der Waals surface area contributed by atoms with Crippen molar-refractivity contribution >= 4 is 17.7 Å². The Balaban J connectivity index is 1.77. The normalized spacial score (nSPS) is 16.6. The van der Waals surface area contributed by atoms with Crippen LogP contribution in [-0.2, 0) is 6.54 Å². The number of carbonyl (C=O) groups excluding carboxylic acids is 1. The molecular formula is C16H17N5O. The molecule has 0 N–H and O–H groups in total. The van der Waals surface area contributed by atoms with E-state index in [-0.39, 0.29) is 5.91 Å². The van der Waals surface area contributed by atoms with Crippen molar-refractivity contribution in [3.05, 3.63) is 47.9 Å². The Hall–Kier alpha value is -2.63. The third-order valence-corrected chi connectivity index (χ3v) is 4.09. The molecule has 0 bridgehead atoms. The molecule has 0 saturated heterocycles. The molecule has 0 saturated carbocycles. The van der Waals surface area contributed by atoms with Gasteiger partial charge in [0.05, 0.1) is 12.9 Å². The number of nitrogens with zero attached hydrogens (tertiary/aromatic N) is 5. The maximum atomic E-state index is 12.8. The molecule has 22 heavy (non-hydrogen) atoms. The zero-order valence-electron chi connectivity index (χ0n) is 12.4. The lowest BCUT2D eigenvalue weighted by molar-refractivity contribution is 0.0836. The monoisotopic (exact) mass is 295 g/mol. The van der Waals surface area contributed by atoms with Gasteiger partial charge in [-0.3, -0.25) is 19.6 Å². The Morgan fingerprint density at radius 3 is 2.82 bits per heavy atom. The number of aromatic nitrogens is 2. The van der Waals surface area contributed by atoms with Gasteiger partial charge in [0.15, 0.2) is 11.5 Å². The van der Waals surface area contributed by atoms with Crippen LogP contribution in [0, 0.1) is 0 Å². The van der Waals surface area contributed by atoms with Gasteiger partial charge in [-0.1, -0.05) is 30.3 Å². The zero-order chi connectivity index (χ0) is 15.1. The molecule has 1 aromatic heterocycles. The number of benzene rings is 1.